The number of nitrogen functional groups attached to an aromatic ring is 1. The number of anilines is 3. The van der Waals surface area contributed by atoms with Gasteiger partial charge in [0.1, 0.15) is 5.82 Å². The van der Waals surface area contributed by atoms with E-state index in [1.807, 2.05) is 19.1 Å². The van der Waals surface area contributed by atoms with Crippen LogP contribution < -0.4 is 11.1 Å². The average molecular weight is 353 g/mol. The molecule has 21 heavy (non-hydrogen) atoms. The smallest absolute Gasteiger partial charge is 0.340 e. The number of rotatable bonds is 3. The summed E-state index contributed by atoms with van der Waals surface area (Å²) in [6.45, 7) is 1.93. The number of benzene rings is 2. The van der Waals surface area contributed by atoms with Crippen LogP contribution in [-0.2, 0) is 4.74 Å². The monoisotopic (exact) mass is 352 g/mol. The first-order chi connectivity index (χ1) is 9.90. The Hall–Kier alpha value is -2.08. The molecule has 6 heteroatoms. The van der Waals surface area contributed by atoms with E-state index in [9.17, 15) is 9.18 Å². The zero-order valence-electron chi connectivity index (χ0n) is 11.5. The second kappa shape index (κ2) is 6.13. The molecule has 0 aliphatic heterocycles. The van der Waals surface area contributed by atoms with Gasteiger partial charge in [-0.1, -0.05) is 15.9 Å². The Morgan fingerprint density at radius 1 is 1.29 bits per heavy atom. The van der Waals surface area contributed by atoms with Crippen molar-refractivity contribution in [3.05, 3.63) is 51.7 Å². The van der Waals surface area contributed by atoms with Crippen molar-refractivity contribution in [2.75, 3.05) is 18.2 Å². The fourth-order valence-electron chi connectivity index (χ4n) is 1.94. The maximum atomic E-state index is 14.0. The second-order valence-electron chi connectivity index (χ2n) is 4.55. The van der Waals surface area contributed by atoms with Crippen LogP contribution in [-0.4, -0.2) is 13.1 Å². The molecule has 3 N–H and O–H groups in total. The lowest BCUT2D eigenvalue weighted by atomic mass is 10.1. The Bertz CT molecular complexity index is 684. The number of ether oxygens (including phenoxy) is 1. The first-order valence-electron chi connectivity index (χ1n) is 6.12. The lowest BCUT2D eigenvalue weighted by Gasteiger charge is -2.12. The molecule has 0 aliphatic rings. The van der Waals surface area contributed by atoms with Gasteiger partial charge in [0.2, 0.25) is 0 Å². The lowest BCUT2D eigenvalue weighted by Crippen LogP contribution is -2.07. The molecule has 0 saturated heterocycles. The van der Waals surface area contributed by atoms with Crippen molar-refractivity contribution in [2.45, 2.75) is 6.92 Å². The van der Waals surface area contributed by atoms with Gasteiger partial charge >= 0.3 is 5.97 Å². The fraction of sp³-hybridized carbons (Fsp3) is 0.133. The van der Waals surface area contributed by atoms with E-state index in [0.29, 0.717) is 5.69 Å². The van der Waals surface area contributed by atoms with E-state index in [1.165, 1.54) is 13.2 Å². The summed E-state index contributed by atoms with van der Waals surface area (Å²) >= 11 is 3.38. The Morgan fingerprint density at radius 2 is 2.00 bits per heavy atom. The fourth-order valence-corrected chi connectivity index (χ4v) is 2.54. The van der Waals surface area contributed by atoms with Crippen LogP contribution in [0.15, 0.2) is 34.8 Å². The Balaban J connectivity index is 2.41. The molecule has 0 saturated carbocycles. The van der Waals surface area contributed by atoms with Crippen LogP contribution in [0.2, 0.25) is 0 Å². The van der Waals surface area contributed by atoms with Crippen LogP contribution in [0.1, 0.15) is 15.9 Å². The van der Waals surface area contributed by atoms with Crippen molar-refractivity contribution >= 4 is 39.0 Å². The van der Waals surface area contributed by atoms with Gasteiger partial charge in [-0.3, -0.25) is 0 Å². The minimum atomic E-state index is -0.610. The second-order valence-corrected chi connectivity index (χ2v) is 5.47. The van der Waals surface area contributed by atoms with E-state index < -0.39 is 11.8 Å². The van der Waals surface area contributed by atoms with Crippen molar-refractivity contribution in [3.63, 3.8) is 0 Å². The van der Waals surface area contributed by atoms with E-state index in [0.717, 1.165) is 16.1 Å². The van der Waals surface area contributed by atoms with Crippen molar-refractivity contribution in [2.24, 2.45) is 0 Å². The highest BCUT2D eigenvalue weighted by atomic mass is 79.9. The van der Waals surface area contributed by atoms with Crippen molar-refractivity contribution in [3.8, 4) is 0 Å². The number of nitrogens with one attached hydrogen (secondary N) is 1. The van der Waals surface area contributed by atoms with Gasteiger partial charge in [-0.25, -0.2) is 9.18 Å². The molecule has 0 heterocycles. The molecule has 0 aromatic heterocycles. The number of halogens is 2. The molecule has 0 spiro atoms. The number of nitrogens with two attached hydrogens (primary N) is 1. The molecule has 0 radical (unpaired) electrons. The van der Waals surface area contributed by atoms with Gasteiger partial charge in [0.25, 0.3) is 0 Å². The zero-order valence-corrected chi connectivity index (χ0v) is 13.1. The number of esters is 1. The third-order valence-corrected chi connectivity index (χ3v) is 3.32. The zero-order chi connectivity index (χ0) is 15.6. The van der Waals surface area contributed by atoms with Gasteiger partial charge in [0.05, 0.1) is 18.4 Å². The summed E-state index contributed by atoms with van der Waals surface area (Å²) in [7, 11) is 1.25. The molecule has 0 bridgehead atoms. The first-order valence-corrected chi connectivity index (χ1v) is 6.91. The van der Waals surface area contributed by atoms with Gasteiger partial charge < -0.3 is 15.8 Å². The Labute approximate surface area is 130 Å². The van der Waals surface area contributed by atoms with Gasteiger partial charge in [-0.2, -0.15) is 0 Å². The summed E-state index contributed by atoms with van der Waals surface area (Å²) in [6, 6.07) is 8.04. The molecule has 4 nitrogen and oxygen atoms in total. The third kappa shape index (κ3) is 3.52. The molecule has 0 atom stereocenters. The number of carbonyl (C=O) groups is 1. The molecule has 2 aromatic rings. The summed E-state index contributed by atoms with van der Waals surface area (Å²) in [5, 5.41) is 2.93. The van der Waals surface area contributed by atoms with Crippen LogP contribution in [0, 0.1) is 12.7 Å². The molecule has 0 fully saturated rings. The van der Waals surface area contributed by atoms with E-state index in [1.54, 1.807) is 6.07 Å². The highest BCUT2D eigenvalue weighted by Gasteiger charge is 2.15. The van der Waals surface area contributed by atoms with E-state index >= 15 is 0 Å². The molecular formula is C15H14BrFN2O2. The summed E-state index contributed by atoms with van der Waals surface area (Å²) in [6.07, 6.45) is 0. The number of carbonyl (C=O) groups excluding carboxylic acids is 1. The molecular weight excluding hydrogens is 339 g/mol. The number of hydrogen-bond donors (Lipinski definition) is 2. The van der Waals surface area contributed by atoms with E-state index in [4.69, 9.17) is 5.73 Å². The molecule has 0 aliphatic carbocycles. The summed E-state index contributed by atoms with van der Waals surface area (Å²) in [4.78, 5) is 11.6. The lowest BCUT2D eigenvalue weighted by molar-refractivity contribution is 0.0602. The quantitative estimate of drug-likeness (QED) is 0.647. The molecule has 0 amide bonds. The Morgan fingerprint density at radius 3 is 2.62 bits per heavy atom. The maximum absolute atomic E-state index is 14.0. The maximum Gasteiger partial charge on any atom is 0.340 e. The average Bonchev–Trinajstić information content (AvgIpc) is 2.40. The molecule has 110 valence electrons. The minimum Gasteiger partial charge on any atom is -0.465 e. The largest absolute Gasteiger partial charge is 0.465 e. The van der Waals surface area contributed by atoms with Gasteiger partial charge in [-0.05, 0) is 42.8 Å². The predicted molar refractivity (Wildman–Crippen MR) is 84.3 cm³/mol. The standard InChI is InChI=1S/C15H14BrFN2O2/c1-8-3-9(16)5-10(4-8)19-14-6-11(15(20)21-2)13(18)7-12(14)17/h3-7,19H,18H2,1-2H3. The number of hydrogen-bond acceptors (Lipinski definition) is 4. The SMILES string of the molecule is COC(=O)c1cc(Nc2cc(C)cc(Br)c2)c(F)cc1N. The molecule has 2 aromatic carbocycles. The van der Waals surface area contributed by atoms with E-state index in [-0.39, 0.29) is 16.9 Å². The normalized spacial score (nSPS) is 10.3. The molecule has 0 unspecified atom stereocenters. The minimum absolute atomic E-state index is 0.0373. The van der Waals surface area contributed by atoms with Crippen LogP contribution >= 0.6 is 15.9 Å². The summed E-state index contributed by atoms with van der Waals surface area (Å²) < 4.78 is 19.5. The Kier molecular flexibility index (Phi) is 4.47. The highest BCUT2D eigenvalue weighted by Crippen LogP contribution is 2.27. The first kappa shape index (κ1) is 15.3. The summed E-state index contributed by atoms with van der Waals surface area (Å²) in [5.74, 6) is -1.15. The van der Waals surface area contributed by atoms with Gasteiger partial charge in [-0.15, -0.1) is 0 Å². The number of aryl methyl sites for hydroxylation is 1. The van der Waals surface area contributed by atoms with E-state index in [2.05, 4.69) is 26.0 Å². The van der Waals surface area contributed by atoms with Gasteiger partial charge in [0, 0.05) is 15.8 Å². The van der Waals surface area contributed by atoms with Crippen LogP contribution in [0.5, 0.6) is 0 Å². The summed E-state index contributed by atoms with van der Waals surface area (Å²) in [5.41, 5.74) is 7.65. The third-order valence-electron chi connectivity index (χ3n) is 2.87. The van der Waals surface area contributed by atoms with Crippen LogP contribution in [0.3, 0.4) is 0 Å². The van der Waals surface area contributed by atoms with Crippen LogP contribution in [0.25, 0.3) is 0 Å². The highest BCUT2D eigenvalue weighted by molar-refractivity contribution is 9.10. The number of methoxy groups -OCH3 is 1. The molecule has 2 rings (SSSR count). The predicted octanol–water partition coefficient (Wildman–Crippen LogP) is 4.01. The van der Waals surface area contributed by atoms with Crippen molar-refractivity contribution in [1.82, 2.24) is 0 Å². The topological polar surface area (TPSA) is 64.3 Å². The van der Waals surface area contributed by atoms with Crippen molar-refractivity contribution < 1.29 is 13.9 Å². The van der Waals surface area contributed by atoms with Crippen LogP contribution in [0.4, 0.5) is 21.5 Å². The van der Waals surface area contributed by atoms with Crippen molar-refractivity contribution in [1.29, 1.82) is 0 Å². The van der Waals surface area contributed by atoms with Gasteiger partial charge in [0.15, 0.2) is 0 Å².